The molecule has 0 radical (unpaired) electrons. The molecule has 9 heavy (non-hydrogen) atoms. The molecule has 2 atom stereocenters. The fourth-order valence-corrected chi connectivity index (χ4v) is 0.527. The van der Waals surface area contributed by atoms with Crippen LogP contribution < -0.4 is 0 Å². The van der Waals surface area contributed by atoms with Crippen LogP contribution in [0.15, 0.2) is 12.7 Å². The maximum Gasteiger partial charge on any atom is 0.0730 e. The van der Waals surface area contributed by atoms with Gasteiger partial charge < -0.3 is 5.11 Å². The van der Waals surface area contributed by atoms with Crippen LogP contribution >= 0.6 is 0 Å². The van der Waals surface area contributed by atoms with E-state index in [2.05, 4.69) is 12.5 Å². The molecule has 0 saturated heterocycles. The van der Waals surface area contributed by atoms with Crippen molar-refractivity contribution in [2.45, 2.75) is 19.4 Å². The Morgan fingerprint density at radius 1 is 1.89 bits per heavy atom. The van der Waals surface area contributed by atoms with Gasteiger partial charge in [0, 0.05) is 5.92 Å². The van der Waals surface area contributed by atoms with E-state index in [4.69, 9.17) is 11.5 Å². The van der Waals surface area contributed by atoms with Gasteiger partial charge in [-0.2, -0.15) is 0 Å². The Morgan fingerprint density at radius 2 is 2.44 bits per heavy atom. The molecule has 1 nitrogen and oxygen atoms in total. The van der Waals surface area contributed by atoms with Gasteiger partial charge in [-0.05, 0) is 6.42 Å². The van der Waals surface area contributed by atoms with Crippen molar-refractivity contribution in [3.05, 3.63) is 12.7 Å². The average Bonchev–Trinajstić information content (AvgIpc) is 1.87. The van der Waals surface area contributed by atoms with Gasteiger partial charge in [-0.15, -0.1) is 18.9 Å². The van der Waals surface area contributed by atoms with E-state index in [1.807, 2.05) is 6.92 Å². The highest BCUT2D eigenvalue weighted by Gasteiger charge is 2.02. The lowest BCUT2D eigenvalue weighted by molar-refractivity contribution is 0.202. The Labute approximate surface area is 56.4 Å². The van der Waals surface area contributed by atoms with Gasteiger partial charge >= 0.3 is 0 Å². The minimum Gasteiger partial charge on any atom is -0.389 e. The van der Waals surface area contributed by atoms with Gasteiger partial charge in [0.05, 0.1) is 6.10 Å². The molecule has 1 N–H and O–H groups in total. The summed E-state index contributed by atoms with van der Waals surface area (Å²) >= 11 is 0. The van der Waals surface area contributed by atoms with Gasteiger partial charge in [0.1, 0.15) is 0 Å². The van der Waals surface area contributed by atoms with E-state index in [1.165, 1.54) is 6.08 Å². The van der Waals surface area contributed by atoms with Crippen molar-refractivity contribution >= 4 is 0 Å². The van der Waals surface area contributed by atoms with Crippen LogP contribution in [-0.2, 0) is 0 Å². The zero-order valence-corrected chi connectivity index (χ0v) is 5.67. The molecule has 0 fully saturated rings. The van der Waals surface area contributed by atoms with Gasteiger partial charge in [0.25, 0.3) is 0 Å². The van der Waals surface area contributed by atoms with Crippen LogP contribution in [0.1, 0.15) is 13.3 Å². The van der Waals surface area contributed by atoms with Crippen molar-refractivity contribution in [1.82, 2.24) is 0 Å². The van der Waals surface area contributed by atoms with Gasteiger partial charge in [0.2, 0.25) is 0 Å². The number of rotatable bonds is 3. The first-order chi connectivity index (χ1) is 4.20. The van der Waals surface area contributed by atoms with E-state index in [0.717, 1.165) is 0 Å². The van der Waals surface area contributed by atoms with Gasteiger partial charge in [0.15, 0.2) is 0 Å². The topological polar surface area (TPSA) is 20.2 Å². The summed E-state index contributed by atoms with van der Waals surface area (Å²) in [4.78, 5) is 0. The number of hydrogen-bond acceptors (Lipinski definition) is 1. The Balaban J connectivity index is 3.49. The van der Waals surface area contributed by atoms with E-state index in [1.54, 1.807) is 0 Å². The summed E-state index contributed by atoms with van der Waals surface area (Å²) < 4.78 is 0. The molecule has 0 unspecified atom stereocenters. The van der Waals surface area contributed by atoms with Gasteiger partial charge in [-0.25, -0.2) is 0 Å². The summed E-state index contributed by atoms with van der Waals surface area (Å²) in [6.07, 6.45) is 6.74. The summed E-state index contributed by atoms with van der Waals surface area (Å²) in [5.74, 6) is 2.66. The zero-order chi connectivity index (χ0) is 7.28. The summed E-state index contributed by atoms with van der Waals surface area (Å²) in [5.41, 5.74) is 0. The molecule has 0 aliphatic heterocycles. The molecule has 0 saturated carbocycles. The van der Waals surface area contributed by atoms with E-state index in [9.17, 15) is 0 Å². The second-order valence-electron chi connectivity index (χ2n) is 2.11. The summed E-state index contributed by atoms with van der Waals surface area (Å²) in [6, 6.07) is 0. The van der Waals surface area contributed by atoms with Crippen LogP contribution in [0.5, 0.6) is 0 Å². The molecule has 0 amide bonds. The molecule has 0 aromatic heterocycles. The molecule has 0 aliphatic carbocycles. The first-order valence-electron chi connectivity index (χ1n) is 2.97. The van der Waals surface area contributed by atoms with Crippen molar-refractivity contribution in [3.8, 4) is 12.3 Å². The third-order valence-corrected chi connectivity index (χ3v) is 1.15. The van der Waals surface area contributed by atoms with Gasteiger partial charge in [-0.1, -0.05) is 13.0 Å². The van der Waals surface area contributed by atoms with Crippen molar-refractivity contribution in [3.63, 3.8) is 0 Å². The molecule has 1 heteroatoms. The van der Waals surface area contributed by atoms with E-state index in [0.29, 0.717) is 6.42 Å². The molecular formula is C8H12O. The smallest absolute Gasteiger partial charge is 0.0730 e. The fraction of sp³-hybridized carbons (Fsp3) is 0.500. The highest BCUT2D eigenvalue weighted by molar-refractivity contribution is 4.93. The third kappa shape index (κ3) is 3.81. The maximum absolute atomic E-state index is 8.95. The second-order valence-corrected chi connectivity index (χ2v) is 2.11. The third-order valence-electron chi connectivity index (χ3n) is 1.15. The molecule has 0 rings (SSSR count). The minimum absolute atomic E-state index is 0.137. The average molecular weight is 124 g/mol. The lowest BCUT2D eigenvalue weighted by Gasteiger charge is -2.05. The van der Waals surface area contributed by atoms with Crippen molar-refractivity contribution in [2.24, 2.45) is 5.92 Å². The number of aliphatic hydroxyl groups is 1. The summed E-state index contributed by atoms with van der Waals surface area (Å²) in [5, 5.41) is 8.95. The largest absolute Gasteiger partial charge is 0.389 e. The number of terminal acetylenes is 1. The molecule has 0 aromatic carbocycles. The highest BCUT2D eigenvalue weighted by atomic mass is 16.3. The van der Waals surface area contributed by atoms with Crippen molar-refractivity contribution in [2.75, 3.05) is 0 Å². The van der Waals surface area contributed by atoms with Crippen molar-refractivity contribution < 1.29 is 5.11 Å². The van der Waals surface area contributed by atoms with Crippen LogP contribution in [0.4, 0.5) is 0 Å². The molecular weight excluding hydrogens is 112 g/mol. The fourth-order valence-electron chi connectivity index (χ4n) is 0.527. The molecule has 0 bridgehead atoms. The Hall–Kier alpha value is -0.740. The van der Waals surface area contributed by atoms with E-state index < -0.39 is 6.10 Å². The zero-order valence-electron chi connectivity index (χ0n) is 5.67. The number of hydrogen-bond donors (Lipinski definition) is 1. The lowest BCUT2D eigenvalue weighted by atomic mass is 10.1. The second kappa shape index (κ2) is 4.17. The van der Waals surface area contributed by atoms with E-state index >= 15 is 0 Å². The monoisotopic (exact) mass is 124 g/mol. The quantitative estimate of drug-likeness (QED) is 0.442. The SMILES string of the molecule is C#C[C@H](C)C[C@H](O)C=C. The Morgan fingerprint density at radius 3 is 2.78 bits per heavy atom. The normalized spacial score (nSPS) is 15.7. The Bertz CT molecular complexity index is 121. The van der Waals surface area contributed by atoms with Gasteiger partial charge in [-0.3, -0.25) is 0 Å². The van der Waals surface area contributed by atoms with Crippen molar-refractivity contribution in [1.29, 1.82) is 0 Å². The number of aliphatic hydroxyl groups excluding tert-OH is 1. The molecule has 0 aliphatic rings. The highest BCUT2D eigenvalue weighted by Crippen LogP contribution is 2.03. The first kappa shape index (κ1) is 8.26. The predicted molar refractivity (Wildman–Crippen MR) is 38.8 cm³/mol. The molecule has 0 heterocycles. The Kier molecular flexibility index (Phi) is 3.83. The minimum atomic E-state index is -0.448. The predicted octanol–water partition coefficient (Wildman–Crippen LogP) is 1.19. The van der Waals surface area contributed by atoms with Crippen LogP contribution in [-0.4, -0.2) is 11.2 Å². The lowest BCUT2D eigenvalue weighted by Crippen LogP contribution is -2.06. The molecule has 0 spiro atoms. The maximum atomic E-state index is 8.95. The standard InChI is InChI=1S/C8H12O/c1-4-7(3)6-8(9)5-2/h1,5,7-9H,2,6H2,3H3/t7-,8+/m0/s1. The van der Waals surface area contributed by atoms with Crippen LogP contribution in [0.2, 0.25) is 0 Å². The summed E-state index contributed by atoms with van der Waals surface area (Å²) in [7, 11) is 0. The van der Waals surface area contributed by atoms with Crippen LogP contribution in [0.25, 0.3) is 0 Å². The first-order valence-corrected chi connectivity index (χ1v) is 2.97. The molecule has 50 valence electrons. The summed E-state index contributed by atoms with van der Waals surface area (Å²) in [6.45, 7) is 5.32. The molecule has 0 aromatic rings. The van der Waals surface area contributed by atoms with Crippen LogP contribution in [0.3, 0.4) is 0 Å². The van der Waals surface area contributed by atoms with E-state index in [-0.39, 0.29) is 5.92 Å². The van der Waals surface area contributed by atoms with Crippen LogP contribution in [0, 0.1) is 18.3 Å².